The molecule has 5 nitrogen and oxygen atoms in total. The molecule has 5 heteroatoms. The Hall–Kier alpha value is -2.82. The van der Waals surface area contributed by atoms with Crippen LogP contribution in [0.1, 0.15) is 22.3 Å². The van der Waals surface area contributed by atoms with Gasteiger partial charge in [0.05, 0.1) is 0 Å². The summed E-state index contributed by atoms with van der Waals surface area (Å²) in [6.45, 7) is 7.22. The molecule has 2 aromatic carbocycles. The van der Waals surface area contributed by atoms with Crippen molar-refractivity contribution >= 4 is 17.6 Å². The molecular weight excluding hydrogens is 318 g/mol. The molecule has 0 spiro atoms. The number of nitrogens with one attached hydrogen (secondary N) is 1. The van der Waals surface area contributed by atoms with Crippen molar-refractivity contribution in [3.05, 3.63) is 58.7 Å². The summed E-state index contributed by atoms with van der Waals surface area (Å²) in [5, 5.41) is 2.74. The lowest BCUT2D eigenvalue weighted by molar-refractivity contribution is -0.149. The highest BCUT2D eigenvalue weighted by Crippen LogP contribution is 2.18. The number of aryl methyl sites for hydroxylation is 3. The summed E-state index contributed by atoms with van der Waals surface area (Å²) in [4.78, 5) is 23.7. The Labute approximate surface area is 148 Å². The van der Waals surface area contributed by atoms with Gasteiger partial charge in [-0.05, 0) is 68.1 Å². The number of rotatable bonds is 6. The third-order valence-corrected chi connectivity index (χ3v) is 3.79. The van der Waals surface area contributed by atoms with Crippen molar-refractivity contribution in [1.82, 2.24) is 0 Å². The zero-order valence-corrected chi connectivity index (χ0v) is 15.0. The van der Waals surface area contributed by atoms with Crippen molar-refractivity contribution in [2.24, 2.45) is 0 Å². The van der Waals surface area contributed by atoms with E-state index in [1.54, 1.807) is 0 Å². The van der Waals surface area contributed by atoms with Crippen LogP contribution in [0.15, 0.2) is 36.4 Å². The van der Waals surface area contributed by atoms with Gasteiger partial charge in [-0.1, -0.05) is 18.2 Å². The predicted molar refractivity (Wildman–Crippen MR) is 96.9 cm³/mol. The van der Waals surface area contributed by atoms with Crippen LogP contribution in [0.3, 0.4) is 0 Å². The molecule has 0 atom stereocenters. The first-order valence-corrected chi connectivity index (χ1v) is 8.08. The fourth-order valence-corrected chi connectivity index (χ4v) is 2.42. The quantitative estimate of drug-likeness (QED) is 0.817. The van der Waals surface area contributed by atoms with Crippen molar-refractivity contribution in [1.29, 1.82) is 0 Å². The van der Waals surface area contributed by atoms with E-state index < -0.39 is 5.97 Å². The van der Waals surface area contributed by atoms with Crippen LogP contribution in [-0.2, 0) is 14.3 Å². The fraction of sp³-hybridized carbons (Fsp3) is 0.300. The van der Waals surface area contributed by atoms with Gasteiger partial charge >= 0.3 is 5.97 Å². The Morgan fingerprint density at radius 3 is 2.32 bits per heavy atom. The van der Waals surface area contributed by atoms with Gasteiger partial charge in [-0.3, -0.25) is 4.79 Å². The number of hydrogen-bond donors (Lipinski definition) is 1. The molecule has 0 saturated carbocycles. The van der Waals surface area contributed by atoms with E-state index in [-0.39, 0.29) is 19.1 Å². The third kappa shape index (κ3) is 5.64. The van der Waals surface area contributed by atoms with E-state index in [0.29, 0.717) is 11.4 Å². The SMILES string of the molecule is Cc1cc(C)cc(OCC(=O)OCC(=O)Nc2cccc(C)c2C)c1. The third-order valence-electron chi connectivity index (χ3n) is 3.79. The summed E-state index contributed by atoms with van der Waals surface area (Å²) in [6, 6.07) is 11.3. The van der Waals surface area contributed by atoms with Crippen LogP contribution in [0.5, 0.6) is 5.75 Å². The zero-order chi connectivity index (χ0) is 18.4. The molecule has 132 valence electrons. The Morgan fingerprint density at radius 2 is 1.64 bits per heavy atom. The molecule has 0 bridgehead atoms. The maximum absolute atomic E-state index is 11.9. The first-order valence-electron chi connectivity index (χ1n) is 8.08. The van der Waals surface area contributed by atoms with Crippen LogP contribution >= 0.6 is 0 Å². The average molecular weight is 341 g/mol. The topological polar surface area (TPSA) is 64.6 Å². The first kappa shape index (κ1) is 18.5. The Morgan fingerprint density at radius 1 is 0.960 bits per heavy atom. The molecule has 0 aliphatic rings. The number of esters is 1. The molecule has 0 heterocycles. The van der Waals surface area contributed by atoms with Crippen LogP contribution in [0, 0.1) is 27.7 Å². The normalized spacial score (nSPS) is 10.2. The van der Waals surface area contributed by atoms with E-state index in [4.69, 9.17) is 9.47 Å². The highest BCUT2D eigenvalue weighted by Gasteiger charge is 2.10. The largest absolute Gasteiger partial charge is 0.482 e. The Balaban J connectivity index is 1.79. The number of anilines is 1. The molecule has 0 saturated heterocycles. The summed E-state index contributed by atoms with van der Waals surface area (Å²) < 4.78 is 10.4. The summed E-state index contributed by atoms with van der Waals surface area (Å²) in [7, 11) is 0. The van der Waals surface area contributed by atoms with E-state index >= 15 is 0 Å². The predicted octanol–water partition coefficient (Wildman–Crippen LogP) is 3.48. The van der Waals surface area contributed by atoms with Gasteiger partial charge in [0, 0.05) is 5.69 Å². The lowest BCUT2D eigenvalue weighted by Crippen LogP contribution is -2.24. The average Bonchev–Trinajstić information content (AvgIpc) is 2.54. The zero-order valence-electron chi connectivity index (χ0n) is 15.0. The van der Waals surface area contributed by atoms with Gasteiger partial charge in [0.25, 0.3) is 5.91 Å². The molecule has 0 fully saturated rings. The van der Waals surface area contributed by atoms with Crippen molar-refractivity contribution in [2.75, 3.05) is 18.5 Å². The van der Waals surface area contributed by atoms with Crippen molar-refractivity contribution in [2.45, 2.75) is 27.7 Å². The first-order chi connectivity index (χ1) is 11.8. The molecule has 25 heavy (non-hydrogen) atoms. The lowest BCUT2D eigenvalue weighted by atomic mass is 10.1. The van der Waals surface area contributed by atoms with Crippen molar-refractivity contribution in [3.8, 4) is 5.75 Å². The second kappa shape index (κ2) is 8.33. The second-order valence-electron chi connectivity index (χ2n) is 6.07. The molecule has 1 N–H and O–H groups in total. The van der Waals surface area contributed by atoms with E-state index in [9.17, 15) is 9.59 Å². The smallest absolute Gasteiger partial charge is 0.344 e. The minimum Gasteiger partial charge on any atom is -0.482 e. The number of carbonyl (C=O) groups excluding carboxylic acids is 2. The van der Waals surface area contributed by atoms with Gasteiger partial charge in [0.2, 0.25) is 0 Å². The number of amides is 1. The summed E-state index contributed by atoms with van der Waals surface area (Å²) in [5.41, 5.74) is 4.89. The summed E-state index contributed by atoms with van der Waals surface area (Å²) in [6.07, 6.45) is 0. The highest BCUT2D eigenvalue weighted by molar-refractivity contribution is 5.93. The van der Waals surface area contributed by atoms with E-state index in [0.717, 1.165) is 22.3 Å². The molecule has 0 radical (unpaired) electrons. The molecule has 0 aromatic heterocycles. The second-order valence-corrected chi connectivity index (χ2v) is 6.07. The van der Waals surface area contributed by atoms with Crippen LogP contribution < -0.4 is 10.1 Å². The molecule has 2 rings (SSSR count). The highest BCUT2D eigenvalue weighted by atomic mass is 16.6. The van der Waals surface area contributed by atoms with Crippen LogP contribution in [0.25, 0.3) is 0 Å². The monoisotopic (exact) mass is 341 g/mol. The molecule has 0 unspecified atom stereocenters. The minimum atomic E-state index is -0.588. The molecule has 0 aliphatic heterocycles. The van der Waals surface area contributed by atoms with Crippen LogP contribution in [0.2, 0.25) is 0 Å². The molecule has 1 amide bonds. The van der Waals surface area contributed by atoms with Gasteiger partial charge < -0.3 is 14.8 Å². The van der Waals surface area contributed by atoms with Gasteiger partial charge in [-0.15, -0.1) is 0 Å². The van der Waals surface area contributed by atoms with Crippen molar-refractivity contribution < 1.29 is 19.1 Å². The van der Waals surface area contributed by atoms with Crippen LogP contribution in [-0.4, -0.2) is 25.1 Å². The summed E-state index contributed by atoms with van der Waals surface area (Å²) >= 11 is 0. The number of ether oxygens (including phenoxy) is 2. The van der Waals surface area contributed by atoms with Gasteiger partial charge in [-0.25, -0.2) is 4.79 Å². The number of hydrogen-bond acceptors (Lipinski definition) is 4. The maximum Gasteiger partial charge on any atom is 0.344 e. The van der Waals surface area contributed by atoms with E-state index in [1.165, 1.54) is 0 Å². The van der Waals surface area contributed by atoms with Gasteiger partial charge in [0.1, 0.15) is 5.75 Å². The van der Waals surface area contributed by atoms with Gasteiger partial charge in [-0.2, -0.15) is 0 Å². The molecule has 2 aromatic rings. The Kier molecular flexibility index (Phi) is 6.17. The lowest BCUT2D eigenvalue weighted by Gasteiger charge is -2.11. The molecule has 0 aliphatic carbocycles. The van der Waals surface area contributed by atoms with Crippen molar-refractivity contribution in [3.63, 3.8) is 0 Å². The van der Waals surface area contributed by atoms with Gasteiger partial charge in [0.15, 0.2) is 13.2 Å². The van der Waals surface area contributed by atoms with Crippen LogP contribution in [0.4, 0.5) is 5.69 Å². The standard InChI is InChI=1S/C20H23NO4/c1-13-8-14(2)10-17(9-13)24-12-20(23)25-11-19(22)21-18-7-5-6-15(3)16(18)4/h5-10H,11-12H2,1-4H3,(H,21,22). The van der Waals surface area contributed by atoms with E-state index in [2.05, 4.69) is 5.32 Å². The number of carbonyl (C=O) groups is 2. The molecular formula is C20H23NO4. The van der Waals surface area contributed by atoms with E-state index in [1.807, 2.05) is 64.1 Å². The minimum absolute atomic E-state index is 0.236. The maximum atomic E-state index is 11.9. The summed E-state index contributed by atoms with van der Waals surface area (Å²) in [5.74, 6) is -0.363. The Bertz CT molecular complexity index is 763. The fourth-order valence-electron chi connectivity index (χ4n) is 2.42. The number of benzene rings is 2.